The van der Waals surface area contributed by atoms with Gasteiger partial charge in [-0.15, -0.1) is 0 Å². The quantitative estimate of drug-likeness (QED) is 0.663. The molecule has 0 bridgehead atoms. The second-order valence-corrected chi connectivity index (χ2v) is 4.37. The summed E-state index contributed by atoms with van der Waals surface area (Å²) >= 11 is 0. The fourth-order valence-electron chi connectivity index (χ4n) is 2.45. The maximum atomic E-state index is 5.76. The molecule has 1 saturated heterocycles. The Morgan fingerprint density at radius 1 is 1.38 bits per heavy atom. The van der Waals surface area contributed by atoms with Gasteiger partial charge < -0.3 is 9.30 Å². The van der Waals surface area contributed by atoms with Gasteiger partial charge in [0.05, 0.1) is 6.61 Å². The Kier molecular flexibility index (Phi) is 2.11. The van der Waals surface area contributed by atoms with Crippen molar-refractivity contribution in [3.05, 3.63) is 48.2 Å². The van der Waals surface area contributed by atoms with Gasteiger partial charge >= 0.3 is 0 Å². The Balaban J connectivity index is 2.20. The Hall–Kier alpha value is -1.54. The minimum atomic E-state index is 0.0890. The summed E-state index contributed by atoms with van der Waals surface area (Å²) in [7, 11) is 2.07. The molecule has 2 aromatic rings. The number of hydrogen-bond acceptors (Lipinski definition) is 1. The van der Waals surface area contributed by atoms with Crippen LogP contribution in [-0.4, -0.2) is 11.2 Å². The molecule has 1 aliphatic heterocycles. The van der Waals surface area contributed by atoms with Crippen molar-refractivity contribution in [1.82, 2.24) is 4.57 Å². The second-order valence-electron chi connectivity index (χ2n) is 4.37. The van der Waals surface area contributed by atoms with E-state index in [-0.39, 0.29) is 6.10 Å². The highest BCUT2D eigenvalue weighted by Crippen LogP contribution is 2.37. The molecule has 0 saturated carbocycles. The highest BCUT2D eigenvalue weighted by molar-refractivity contribution is 5.84. The number of nitrogens with zero attached hydrogens (tertiary/aromatic N) is 1. The fourth-order valence-corrected chi connectivity index (χ4v) is 2.45. The Morgan fingerprint density at radius 3 is 2.94 bits per heavy atom. The molecule has 0 amide bonds. The molecule has 1 unspecified atom stereocenters. The largest absolute Gasteiger partial charge is 0.369 e. The summed E-state index contributed by atoms with van der Waals surface area (Å²) in [6.45, 7) is 4.89. The predicted octanol–water partition coefficient (Wildman–Crippen LogP) is 3.20. The van der Waals surface area contributed by atoms with Gasteiger partial charge in [-0.2, -0.15) is 0 Å². The molecule has 1 aliphatic rings. The van der Waals surface area contributed by atoms with Gasteiger partial charge in [-0.25, -0.2) is 0 Å². The molecular weight excluding hydrogens is 198 g/mol. The van der Waals surface area contributed by atoms with E-state index in [4.69, 9.17) is 4.74 Å². The van der Waals surface area contributed by atoms with Crippen LogP contribution in [0, 0.1) is 0 Å². The Morgan fingerprint density at radius 2 is 2.19 bits per heavy atom. The molecule has 1 aromatic carbocycles. The number of fused-ring (bicyclic) bond motifs is 1. The summed E-state index contributed by atoms with van der Waals surface area (Å²) in [5.41, 5.74) is 3.69. The van der Waals surface area contributed by atoms with Gasteiger partial charge in [0.15, 0.2) is 0 Å². The Labute approximate surface area is 95.1 Å². The predicted molar refractivity (Wildman–Crippen MR) is 65.4 cm³/mol. The zero-order chi connectivity index (χ0) is 11.1. The van der Waals surface area contributed by atoms with E-state index in [1.807, 2.05) is 0 Å². The van der Waals surface area contributed by atoms with E-state index in [2.05, 4.69) is 48.7 Å². The van der Waals surface area contributed by atoms with Gasteiger partial charge in [0, 0.05) is 29.7 Å². The van der Waals surface area contributed by atoms with E-state index >= 15 is 0 Å². The van der Waals surface area contributed by atoms with Crippen molar-refractivity contribution in [3.63, 3.8) is 0 Å². The van der Waals surface area contributed by atoms with Crippen LogP contribution in [0.1, 0.15) is 18.1 Å². The van der Waals surface area contributed by atoms with E-state index < -0.39 is 0 Å². The van der Waals surface area contributed by atoms with Crippen molar-refractivity contribution >= 4 is 10.9 Å². The first-order valence-electron chi connectivity index (χ1n) is 5.60. The third kappa shape index (κ3) is 1.30. The number of para-hydroxylation sites is 1. The van der Waals surface area contributed by atoms with E-state index in [9.17, 15) is 0 Å². The van der Waals surface area contributed by atoms with E-state index in [1.165, 1.54) is 22.0 Å². The molecule has 1 aromatic heterocycles. The zero-order valence-electron chi connectivity index (χ0n) is 9.44. The molecule has 2 nitrogen and oxygen atoms in total. The first kappa shape index (κ1) is 9.67. The topological polar surface area (TPSA) is 14.2 Å². The number of rotatable bonds is 1. The fraction of sp³-hybridized carbons (Fsp3) is 0.286. The molecule has 0 radical (unpaired) electrons. The number of hydrogen-bond donors (Lipinski definition) is 0. The lowest BCUT2D eigenvalue weighted by Crippen LogP contribution is -1.96. The lowest BCUT2D eigenvalue weighted by molar-refractivity contribution is 0.126. The minimum absolute atomic E-state index is 0.0890. The summed E-state index contributed by atoms with van der Waals surface area (Å²) < 4.78 is 7.91. The van der Waals surface area contributed by atoms with Gasteiger partial charge in [0.2, 0.25) is 0 Å². The van der Waals surface area contributed by atoms with Crippen LogP contribution in [0.4, 0.5) is 0 Å². The lowest BCUT2D eigenvalue weighted by Gasteiger charge is -2.09. The number of benzene rings is 1. The van der Waals surface area contributed by atoms with Crippen LogP contribution in [0.3, 0.4) is 0 Å². The molecule has 2 heterocycles. The van der Waals surface area contributed by atoms with Crippen molar-refractivity contribution in [2.75, 3.05) is 6.61 Å². The van der Waals surface area contributed by atoms with E-state index in [0.29, 0.717) is 0 Å². The van der Waals surface area contributed by atoms with Crippen LogP contribution in [-0.2, 0) is 11.8 Å². The molecule has 1 atom stereocenters. The van der Waals surface area contributed by atoms with Gasteiger partial charge in [-0.05, 0) is 18.1 Å². The summed E-state index contributed by atoms with van der Waals surface area (Å²) in [6.07, 6.45) is 3.23. The summed E-state index contributed by atoms with van der Waals surface area (Å²) in [5.74, 6) is 0. The standard InChI is InChI=1S/C14H15NO/c1-10-7-8-16-14(10)12-9-15(2)13-6-4-3-5-11(12)13/h3-6,9,14H,1,7-8H2,2H3. The third-order valence-electron chi connectivity index (χ3n) is 3.29. The van der Waals surface area contributed by atoms with Crippen molar-refractivity contribution in [2.45, 2.75) is 12.5 Å². The van der Waals surface area contributed by atoms with Crippen LogP contribution in [0.15, 0.2) is 42.6 Å². The third-order valence-corrected chi connectivity index (χ3v) is 3.29. The van der Waals surface area contributed by atoms with E-state index in [0.717, 1.165) is 13.0 Å². The van der Waals surface area contributed by atoms with E-state index in [1.54, 1.807) is 0 Å². The van der Waals surface area contributed by atoms with Crippen molar-refractivity contribution in [3.8, 4) is 0 Å². The van der Waals surface area contributed by atoms with Gasteiger partial charge in [0.1, 0.15) is 6.10 Å². The molecule has 0 aliphatic carbocycles. The summed E-state index contributed by atoms with van der Waals surface area (Å²) in [4.78, 5) is 0. The van der Waals surface area contributed by atoms with Gasteiger partial charge in [0.25, 0.3) is 0 Å². The normalized spacial score (nSPS) is 20.8. The maximum Gasteiger partial charge on any atom is 0.105 e. The molecule has 0 N–H and O–H groups in total. The minimum Gasteiger partial charge on any atom is -0.369 e. The van der Waals surface area contributed by atoms with Crippen LogP contribution < -0.4 is 0 Å². The highest BCUT2D eigenvalue weighted by Gasteiger charge is 2.24. The number of ether oxygens (including phenoxy) is 1. The first-order chi connectivity index (χ1) is 7.77. The maximum absolute atomic E-state index is 5.76. The Bertz CT molecular complexity index is 553. The first-order valence-corrected chi connectivity index (χ1v) is 5.60. The number of aromatic nitrogens is 1. The van der Waals surface area contributed by atoms with Crippen molar-refractivity contribution in [2.24, 2.45) is 7.05 Å². The van der Waals surface area contributed by atoms with Crippen LogP contribution in [0.25, 0.3) is 10.9 Å². The molecule has 1 fully saturated rings. The zero-order valence-corrected chi connectivity index (χ0v) is 9.44. The van der Waals surface area contributed by atoms with Crippen LogP contribution in [0.5, 0.6) is 0 Å². The molecule has 16 heavy (non-hydrogen) atoms. The lowest BCUT2D eigenvalue weighted by atomic mass is 10.0. The van der Waals surface area contributed by atoms with Gasteiger partial charge in [-0.3, -0.25) is 0 Å². The van der Waals surface area contributed by atoms with Gasteiger partial charge in [-0.1, -0.05) is 24.8 Å². The van der Waals surface area contributed by atoms with Crippen molar-refractivity contribution < 1.29 is 4.74 Å². The number of aryl methyl sites for hydroxylation is 1. The van der Waals surface area contributed by atoms with Crippen LogP contribution >= 0.6 is 0 Å². The van der Waals surface area contributed by atoms with Crippen molar-refractivity contribution in [1.29, 1.82) is 0 Å². The molecule has 82 valence electrons. The molecule has 0 spiro atoms. The SMILES string of the molecule is C=C1CCOC1c1cn(C)c2ccccc12. The summed E-state index contributed by atoms with van der Waals surface area (Å²) in [5, 5.41) is 1.28. The highest BCUT2D eigenvalue weighted by atomic mass is 16.5. The smallest absolute Gasteiger partial charge is 0.105 e. The second kappa shape index (κ2) is 3.49. The monoisotopic (exact) mass is 213 g/mol. The average Bonchev–Trinajstić information content (AvgIpc) is 2.84. The molecule has 3 rings (SSSR count). The summed E-state index contributed by atoms with van der Waals surface area (Å²) in [6, 6.07) is 8.43. The van der Waals surface area contributed by atoms with Crippen LogP contribution in [0.2, 0.25) is 0 Å². The average molecular weight is 213 g/mol. The molecule has 2 heteroatoms. The molecular formula is C14H15NO.